The molecule has 8 heterocycles. The Bertz CT molecular complexity index is 4630. The van der Waals surface area contributed by atoms with Crippen molar-refractivity contribution < 1.29 is 122 Å². The number of guanidine groups is 1. The van der Waals surface area contributed by atoms with E-state index in [9.17, 15) is 106 Å². The summed E-state index contributed by atoms with van der Waals surface area (Å²) in [6.07, 6.45) is 6.13. The van der Waals surface area contributed by atoms with Crippen molar-refractivity contribution in [1.29, 1.82) is 0 Å². The van der Waals surface area contributed by atoms with Crippen LogP contribution in [-0.4, -0.2) is 163 Å². The Labute approximate surface area is 576 Å². The van der Waals surface area contributed by atoms with Gasteiger partial charge in [-0.15, -0.1) is 0 Å². The van der Waals surface area contributed by atoms with E-state index in [1.165, 1.54) is 12.7 Å². The summed E-state index contributed by atoms with van der Waals surface area (Å²) in [5.74, 6) is -0.282. The number of phosphoric ester groups is 2. The Hall–Kier alpha value is -7.63. The number of unbranched alkanes of at least 4 members (excludes halogenated alkanes) is 2. The van der Waals surface area contributed by atoms with Crippen LogP contribution in [0.2, 0.25) is 0 Å². The number of H-pyrrole nitrogens is 2. The van der Waals surface area contributed by atoms with Gasteiger partial charge >= 0.3 is 11.4 Å². The molecule has 2 aliphatic heterocycles. The molecular formula is C47H62N20O30P6-8. The number of hydrogen-bond donors (Lipinski definition) is 11. The molecule has 103 heavy (non-hydrogen) atoms. The fraction of sp³-hybridized carbons (Fsp3) is 0.468. The molecule has 56 heteroatoms. The molecule has 0 bridgehead atoms. The highest BCUT2D eigenvalue weighted by atomic mass is 31.3. The van der Waals surface area contributed by atoms with Gasteiger partial charge in [0.05, 0.1) is 64.8 Å². The minimum Gasteiger partial charge on any atom is -0.790 e. The predicted octanol–water partition coefficient (Wildman–Crippen LogP) is -8.44. The number of nitrogens with two attached hydrogens (primary N) is 3. The average Bonchev–Trinajstić information content (AvgIpc) is 1.68. The lowest BCUT2D eigenvalue weighted by atomic mass is 10.2. The van der Waals surface area contributed by atoms with Gasteiger partial charge in [-0.3, -0.25) is 70.2 Å². The number of aryl methyl sites for hydroxylation is 2. The number of rotatable bonds is 37. The van der Waals surface area contributed by atoms with Crippen LogP contribution >= 0.6 is 46.9 Å². The van der Waals surface area contributed by atoms with Crippen LogP contribution in [0.4, 0.5) is 11.6 Å². The van der Waals surface area contributed by atoms with Crippen LogP contribution < -0.4 is 100 Å². The van der Waals surface area contributed by atoms with Crippen LogP contribution in [-0.2, 0) is 85.8 Å². The third-order valence-corrected chi connectivity index (χ3v) is 21.0. The van der Waals surface area contributed by atoms with Crippen LogP contribution in [0.5, 0.6) is 0 Å². The Morgan fingerprint density at radius 3 is 1.39 bits per heavy atom. The zero-order valence-electron chi connectivity index (χ0n) is 52.7. The van der Waals surface area contributed by atoms with Gasteiger partial charge in [0.1, 0.15) is 48.4 Å². The number of carbonyl (C=O) groups is 2. The largest absolute Gasteiger partial charge is 0.790 e. The van der Waals surface area contributed by atoms with E-state index >= 15 is 0 Å². The lowest BCUT2D eigenvalue weighted by molar-refractivity contribution is -0.342. The number of ether oxygens (including phenoxy) is 2. The minimum atomic E-state index is -6.21. The Morgan fingerprint density at radius 2 is 1.00 bits per heavy atom. The summed E-state index contributed by atoms with van der Waals surface area (Å²) >= 11 is 0. The van der Waals surface area contributed by atoms with Gasteiger partial charge in [0.25, 0.3) is 42.4 Å². The minimum absolute atomic E-state index is 0.0302. The molecule has 8 rings (SSSR count). The van der Waals surface area contributed by atoms with E-state index in [1.54, 1.807) is 12.7 Å². The normalized spacial score (nSPS) is 20.2. The van der Waals surface area contributed by atoms with Crippen molar-refractivity contribution in [3.8, 4) is 0 Å². The standard InChI is InChI=1S/C24H36N11O15P3.C23H34N9O15P3/c25-23(26)29-5-1-2-8-34-13-32-19-20(30-12-31-21(19)34)28-7-6-27-17(37)4-3-14-10-35(24(39)33-22(14)38)18-9-15(36)16(48-18)11-47-52(43,44)50-53(45,46)49-51(40,41)42;24-5-1-2-8-31-13-29-19-20(27-12-28-21(19)31)26-7-6-25-17(34)4-3-14-10-32(23(36)30-22(14)35)18-9-15(33)16(45-18)11-44-49(40,41)47-50(42,43)46-48(37,38)39/h3-4,10,12-13,15-16,18,36H,1-2,5-9,11H2,(H,27,37)(H,43,44)(H,45,46)(H4,25,26,29)(H,28,30,31)(H,33,38,39)(H2,40,41,42);3-4,10,12-13,15-16,18,33H,1-2,5-9,11,24H2,(H,25,34)(H,40,41)(H,42,43)(H,26,27,28)(H,30,35,36)(H2,37,38,39)/p-8/b2*4-3+. The SMILES string of the molecule is NC(N)=NCCCCn1cnc2c(NCCNC(=O)/C=C/c3cn(C4CC(O)C(COP(=O)([O-])OP(=O)([O-])OP(=O)([O-])[O-])O4)c(=O)[nH]c3=O)ncnc21.NCCCCn1cnc2c(NCCNC(=O)/C=C/c3cn(C4CC(O)C(COP(=O)([O-])OP(=O)([O-])OP(=O)([O-])[O-])O4)c(=O)[nH]c3=O)ncnc21. The first-order valence-electron chi connectivity index (χ1n) is 29.6. The second kappa shape index (κ2) is 36.4. The number of aromatic amines is 2. The molecule has 2 aliphatic rings. The zero-order valence-corrected chi connectivity index (χ0v) is 58.1. The van der Waals surface area contributed by atoms with Crippen molar-refractivity contribution >= 4 is 111 Å². The number of anilines is 2. The highest BCUT2D eigenvalue weighted by Gasteiger charge is 2.39. The molecule has 568 valence electrons. The maximum Gasteiger partial charge on any atom is 0.330 e. The highest BCUT2D eigenvalue weighted by Crippen LogP contribution is 2.61. The van der Waals surface area contributed by atoms with Crippen molar-refractivity contribution in [2.75, 3.05) is 63.1 Å². The summed E-state index contributed by atoms with van der Waals surface area (Å²) in [4.78, 5) is 196. The first kappa shape index (κ1) is 82.7. The first-order valence-corrected chi connectivity index (χ1v) is 38.3. The number of aliphatic hydroxyl groups excluding tert-OH is 2. The van der Waals surface area contributed by atoms with Gasteiger partial charge in [-0.2, -0.15) is 0 Å². The molecule has 0 aliphatic carbocycles. The van der Waals surface area contributed by atoms with E-state index in [2.05, 4.69) is 82.5 Å². The molecule has 2 saturated heterocycles. The first-order chi connectivity index (χ1) is 48.3. The number of phosphoric acid groups is 6. The number of aliphatic hydroxyl groups is 2. The number of amides is 2. The molecule has 14 N–H and O–H groups in total. The van der Waals surface area contributed by atoms with Gasteiger partial charge in [0.15, 0.2) is 28.9 Å². The molecular weight excluding hydrogens is 1510 g/mol. The zero-order chi connectivity index (χ0) is 75.7. The Balaban J connectivity index is 0.000000289. The summed E-state index contributed by atoms with van der Waals surface area (Å²) in [7, 11) is -36.6. The Morgan fingerprint density at radius 1 is 0.592 bits per heavy atom. The molecule has 2 fully saturated rings. The molecule has 10 unspecified atom stereocenters. The molecule has 6 aromatic rings. The Kier molecular flexibility index (Phi) is 29.2. The van der Waals surface area contributed by atoms with Crippen molar-refractivity contribution in [2.24, 2.45) is 22.2 Å². The number of carbonyl (C=O) groups excluding carboxylic acids is 2. The van der Waals surface area contributed by atoms with Crippen molar-refractivity contribution in [2.45, 2.75) is 88.5 Å². The van der Waals surface area contributed by atoms with Gasteiger partial charge in [-0.05, 0) is 44.4 Å². The highest BCUT2D eigenvalue weighted by molar-refractivity contribution is 7.65. The second-order valence-electron chi connectivity index (χ2n) is 21.2. The summed E-state index contributed by atoms with van der Waals surface area (Å²) in [5, 5.41) is 31.9. The summed E-state index contributed by atoms with van der Waals surface area (Å²) < 4.78 is 105. The average molecular weight is 1570 g/mol. The van der Waals surface area contributed by atoms with Gasteiger partial charge < -0.3 is 125 Å². The van der Waals surface area contributed by atoms with E-state index in [-0.39, 0.29) is 56.1 Å². The van der Waals surface area contributed by atoms with E-state index in [0.29, 0.717) is 60.1 Å². The summed E-state index contributed by atoms with van der Waals surface area (Å²) in [6, 6.07) is 0. The van der Waals surface area contributed by atoms with Gasteiger partial charge in [-0.1, -0.05) is 0 Å². The van der Waals surface area contributed by atoms with Crippen LogP contribution in [0.25, 0.3) is 34.5 Å². The molecule has 0 saturated carbocycles. The number of aromatic nitrogens is 12. The third kappa shape index (κ3) is 26.2. The molecule has 0 aromatic carbocycles. The van der Waals surface area contributed by atoms with Crippen LogP contribution in [0.15, 0.2) is 74.0 Å². The number of fused-ring (bicyclic) bond motifs is 2. The third-order valence-electron chi connectivity index (χ3n) is 13.6. The van der Waals surface area contributed by atoms with E-state index in [4.69, 9.17) is 26.7 Å². The van der Waals surface area contributed by atoms with Crippen molar-refractivity contribution in [3.63, 3.8) is 0 Å². The number of imidazole rings is 2. The summed E-state index contributed by atoms with van der Waals surface area (Å²) in [5.41, 5.74) is 14.4. The van der Waals surface area contributed by atoms with Crippen molar-refractivity contribution in [3.05, 3.63) is 103 Å². The molecule has 6 aromatic heterocycles. The monoisotopic (exact) mass is 1570 g/mol. The predicted molar refractivity (Wildman–Crippen MR) is 334 cm³/mol. The quantitative estimate of drug-likeness (QED) is 0.00567. The topological polar surface area (TPSA) is 771 Å². The number of nitrogens with zero attached hydrogens (tertiary/aromatic N) is 11. The second-order valence-corrected chi connectivity index (χ2v) is 29.7. The smallest absolute Gasteiger partial charge is 0.330 e. The van der Waals surface area contributed by atoms with Gasteiger partial charge in [0.2, 0.25) is 11.8 Å². The van der Waals surface area contributed by atoms with Crippen LogP contribution in [0.1, 0.15) is 62.1 Å². The fourth-order valence-corrected chi connectivity index (χ4v) is 14.9. The molecule has 2 amide bonds. The molecule has 10 atom stereocenters. The number of hydrogen-bond acceptors (Lipinski definition) is 40. The fourth-order valence-electron chi connectivity index (χ4n) is 9.19. The molecule has 50 nitrogen and oxygen atoms in total. The van der Waals surface area contributed by atoms with Gasteiger partial charge in [0, 0.05) is 83.2 Å². The van der Waals surface area contributed by atoms with Crippen LogP contribution in [0.3, 0.4) is 0 Å². The lowest BCUT2D eigenvalue weighted by Crippen LogP contribution is -2.33. The maximum absolute atomic E-state index is 12.5. The summed E-state index contributed by atoms with van der Waals surface area (Å²) in [6.45, 7) is 0.943. The maximum atomic E-state index is 12.5. The lowest BCUT2D eigenvalue weighted by Gasteiger charge is -2.37. The molecule has 0 radical (unpaired) electrons. The van der Waals surface area contributed by atoms with Crippen molar-refractivity contribution in [1.82, 2.24) is 68.8 Å². The van der Waals surface area contributed by atoms with E-state index in [0.717, 1.165) is 71.5 Å². The molecule has 0 spiro atoms. The number of nitrogens with one attached hydrogen (secondary N) is 6. The van der Waals surface area contributed by atoms with E-state index in [1.807, 2.05) is 19.1 Å². The number of aliphatic imine (C=N–C) groups is 1. The van der Waals surface area contributed by atoms with Crippen LogP contribution in [0, 0.1) is 0 Å². The van der Waals surface area contributed by atoms with E-state index < -0.39 is 131 Å². The van der Waals surface area contributed by atoms with Gasteiger partial charge in [-0.25, -0.2) is 48.1 Å².